The molecule has 0 spiro atoms. The molecule has 4 nitrogen and oxygen atoms in total. The molecule has 0 saturated heterocycles. The van der Waals surface area contributed by atoms with Crippen molar-refractivity contribution >= 4 is 10.1 Å². The first-order valence-corrected chi connectivity index (χ1v) is 14.1. The minimum absolute atomic E-state index is 0. The Balaban J connectivity index is 0. The Bertz CT molecular complexity index is 429. The maximum absolute atomic E-state index is 10.5. The van der Waals surface area contributed by atoms with Crippen molar-refractivity contribution in [2.24, 2.45) is 0 Å². The summed E-state index contributed by atoms with van der Waals surface area (Å²) in [6.07, 6.45) is 24.8. The second kappa shape index (κ2) is 24.5. The van der Waals surface area contributed by atoms with Crippen molar-refractivity contribution in [3.63, 3.8) is 0 Å². The minimum atomic E-state index is -4.05. The van der Waals surface area contributed by atoms with Crippen LogP contribution >= 0.6 is 0 Å². The fourth-order valence-electron chi connectivity index (χ4n) is 3.91. The zero-order chi connectivity index (χ0) is 21.6. The number of hydrogen-bond donors (Lipinski definition) is 1. The Labute approximate surface area is 210 Å². The predicted molar refractivity (Wildman–Crippen MR) is 123 cm³/mol. The Kier molecular flexibility index (Phi) is 27.0. The summed E-state index contributed by atoms with van der Waals surface area (Å²) >= 11 is 0. The topological polar surface area (TPSA) is 77.4 Å². The van der Waals surface area contributed by atoms with Gasteiger partial charge in [0.2, 0.25) is 0 Å². The molecule has 0 radical (unpaired) electrons. The van der Waals surface area contributed by atoms with Crippen LogP contribution in [-0.4, -0.2) is 29.9 Å². The molecule has 0 aromatic carbocycles. The third-order valence-electron chi connectivity index (χ3n) is 5.82. The first-order chi connectivity index (χ1) is 14.0. The van der Waals surface area contributed by atoms with E-state index < -0.39 is 10.1 Å². The van der Waals surface area contributed by atoms with E-state index in [0.717, 1.165) is 44.9 Å². The van der Waals surface area contributed by atoms with E-state index in [1.165, 1.54) is 83.5 Å². The number of rotatable bonds is 23. The van der Waals surface area contributed by atoms with E-state index in [1.807, 2.05) is 0 Å². The molecule has 0 saturated carbocycles. The Morgan fingerprint density at radius 2 is 0.900 bits per heavy atom. The van der Waals surface area contributed by atoms with E-state index in [-0.39, 0.29) is 41.4 Å². The molecule has 0 fully saturated rings. The molecule has 1 unspecified atom stereocenters. The standard InChI is InChI=1S/C24H50O4S.Na/c1-2-3-4-5-6-7-8-9-10-11-12-13-15-18-21-24(25)22-19-16-14-17-20-23-29(26,27)28;/h24-25H,2-23H2,1H3,(H,26,27,28);/q;+1/p-1. The summed E-state index contributed by atoms with van der Waals surface area (Å²) in [6.45, 7) is 2.27. The van der Waals surface area contributed by atoms with Crippen LogP contribution in [0.3, 0.4) is 0 Å². The summed E-state index contributed by atoms with van der Waals surface area (Å²) in [5.74, 6) is -0.241. The van der Waals surface area contributed by atoms with Gasteiger partial charge in [0.05, 0.1) is 16.2 Å². The fraction of sp³-hybridized carbons (Fsp3) is 1.00. The smallest absolute Gasteiger partial charge is 0.748 e. The molecule has 0 bridgehead atoms. The third-order valence-corrected chi connectivity index (χ3v) is 6.61. The van der Waals surface area contributed by atoms with Crippen molar-refractivity contribution < 1.29 is 47.6 Å². The zero-order valence-electron chi connectivity index (χ0n) is 20.2. The number of hydrogen-bond acceptors (Lipinski definition) is 4. The van der Waals surface area contributed by atoms with Crippen LogP contribution in [0.2, 0.25) is 0 Å². The van der Waals surface area contributed by atoms with Gasteiger partial charge in [0.25, 0.3) is 0 Å². The van der Waals surface area contributed by atoms with Crippen LogP contribution < -0.4 is 29.6 Å². The van der Waals surface area contributed by atoms with Gasteiger partial charge in [-0.1, -0.05) is 122 Å². The Hall–Kier alpha value is 0.870. The van der Waals surface area contributed by atoms with Gasteiger partial charge in [-0.15, -0.1) is 0 Å². The average Bonchev–Trinajstić information content (AvgIpc) is 2.66. The summed E-state index contributed by atoms with van der Waals surface area (Å²) in [6, 6.07) is 0. The van der Waals surface area contributed by atoms with Crippen LogP contribution in [0.25, 0.3) is 0 Å². The molecule has 1 atom stereocenters. The van der Waals surface area contributed by atoms with Gasteiger partial charge in [-0.25, -0.2) is 8.42 Å². The second-order valence-corrected chi connectivity index (χ2v) is 10.4. The third kappa shape index (κ3) is 28.9. The van der Waals surface area contributed by atoms with E-state index in [0.29, 0.717) is 6.42 Å². The average molecular weight is 457 g/mol. The van der Waals surface area contributed by atoms with E-state index in [2.05, 4.69) is 6.92 Å². The van der Waals surface area contributed by atoms with E-state index >= 15 is 0 Å². The minimum Gasteiger partial charge on any atom is -0.748 e. The molecule has 6 heteroatoms. The van der Waals surface area contributed by atoms with Gasteiger partial charge in [0, 0.05) is 5.75 Å². The van der Waals surface area contributed by atoms with Gasteiger partial charge < -0.3 is 9.66 Å². The number of unbranched alkanes of at least 4 members (excludes halogenated alkanes) is 17. The number of aliphatic hydroxyl groups is 1. The van der Waals surface area contributed by atoms with Crippen molar-refractivity contribution in [3.8, 4) is 0 Å². The Morgan fingerprint density at radius 1 is 0.600 bits per heavy atom. The monoisotopic (exact) mass is 456 g/mol. The maximum atomic E-state index is 10.5. The van der Waals surface area contributed by atoms with Crippen LogP contribution in [0.4, 0.5) is 0 Å². The first kappa shape index (κ1) is 33.0. The first-order valence-electron chi connectivity index (χ1n) is 12.6. The largest absolute Gasteiger partial charge is 1.00 e. The van der Waals surface area contributed by atoms with Crippen molar-refractivity contribution in [2.75, 3.05) is 5.75 Å². The molecule has 0 aliphatic heterocycles. The molecule has 0 heterocycles. The van der Waals surface area contributed by atoms with E-state index in [4.69, 9.17) is 0 Å². The van der Waals surface area contributed by atoms with E-state index in [9.17, 15) is 18.1 Å². The molecular weight excluding hydrogens is 407 g/mol. The molecule has 30 heavy (non-hydrogen) atoms. The van der Waals surface area contributed by atoms with Crippen LogP contribution in [0, 0.1) is 0 Å². The van der Waals surface area contributed by atoms with Crippen LogP contribution in [0.1, 0.15) is 142 Å². The number of aliphatic hydroxyl groups excluding tert-OH is 1. The SMILES string of the molecule is CCCCCCCCCCCCCCCCC(O)CCCCCCCS(=O)(=O)[O-].[Na+]. The quantitative estimate of drug-likeness (QED) is 0.143. The molecule has 0 aliphatic carbocycles. The normalized spacial score (nSPS) is 12.6. The van der Waals surface area contributed by atoms with Gasteiger partial charge in [-0.05, 0) is 19.3 Å². The molecule has 0 rings (SSSR count). The molecule has 0 aromatic rings. The van der Waals surface area contributed by atoms with Crippen molar-refractivity contribution in [1.82, 2.24) is 0 Å². The zero-order valence-corrected chi connectivity index (χ0v) is 23.0. The summed E-state index contributed by atoms with van der Waals surface area (Å²) in [5, 5.41) is 10.0. The molecule has 176 valence electrons. The van der Waals surface area contributed by atoms with E-state index in [1.54, 1.807) is 0 Å². The van der Waals surface area contributed by atoms with Crippen LogP contribution in [-0.2, 0) is 10.1 Å². The maximum Gasteiger partial charge on any atom is 1.00 e. The van der Waals surface area contributed by atoms with Crippen molar-refractivity contribution in [2.45, 2.75) is 148 Å². The molecule has 0 aromatic heterocycles. The molecule has 1 N–H and O–H groups in total. The van der Waals surface area contributed by atoms with Crippen LogP contribution in [0.5, 0.6) is 0 Å². The predicted octanol–water partition coefficient (Wildman–Crippen LogP) is 4.11. The summed E-state index contributed by atoms with van der Waals surface area (Å²) in [7, 11) is -4.05. The van der Waals surface area contributed by atoms with Gasteiger partial charge in [0.1, 0.15) is 0 Å². The second-order valence-electron chi connectivity index (χ2n) is 8.86. The van der Waals surface area contributed by atoms with Crippen molar-refractivity contribution in [1.29, 1.82) is 0 Å². The molecular formula is C24H49NaO4S. The van der Waals surface area contributed by atoms with Crippen molar-refractivity contribution in [3.05, 3.63) is 0 Å². The molecule has 0 aliphatic rings. The fourth-order valence-corrected chi connectivity index (χ4v) is 4.47. The summed E-state index contributed by atoms with van der Waals surface area (Å²) in [5.41, 5.74) is 0. The Morgan fingerprint density at radius 3 is 1.23 bits per heavy atom. The summed E-state index contributed by atoms with van der Waals surface area (Å²) < 4.78 is 31.5. The molecule has 0 amide bonds. The van der Waals surface area contributed by atoms with Gasteiger partial charge >= 0.3 is 29.6 Å². The van der Waals surface area contributed by atoms with Crippen LogP contribution in [0.15, 0.2) is 0 Å². The van der Waals surface area contributed by atoms with Gasteiger partial charge in [-0.3, -0.25) is 0 Å². The summed E-state index contributed by atoms with van der Waals surface area (Å²) in [4.78, 5) is 0. The van der Waals surface area contributed by atoms with Gasteiger partial charge in [-0.2, -0.15) is 0 Å². The van der Waals surface area contributed by atoms with Gasteiger partial charge in [0.15, 0.2) is 0 Å².